The Morgan fingerprint density at radius 3 is 2.78 bits per heavy atom. The number of nitrogens with zero attached hydrogens (tertiary/aromatic N) is 2. The van der Waals surface area contributed by atoms with Crippen LogP contribution in [0, 0.1) is 6.92 Å². The predicted octanol–water partition coefficient (Wildman–Crippen LogP) is 2.96. The van der Waals surface area contributed by atoms with Crippen molar-refractivity contribution in [1.29, 1.82) is 0 Å². The highest BCUT2D eigenvalue weighted by Crippen LogP contribution is 2.25. The standard InChI is InChI=1S/C20H25N3O3S/c1-4-15-7-5-6-14(2)19(15)22-18-12-16(8-10-21-18)20(24)23(3)17-9-11-27(25,26)13-17/h5-8,10,12,17H,4,9,11,13H2,1-3H3,(H,21,22). The van der Waals surface area contributed by atoms with E-state index < -0.39 is 9.84 Å². The van der Waals surface area contributed by atoms with Gasteiger partial charge in [0.05, 0.1) is 11.5 Å². The van der Waals surface area contributed by atoms with Gasteiger partial charge in [-0.3, -0.25) is 4.79 Å². The summed E-state index contributed by atoms with van der Waals surface area (Å²) in [4.78, 5) is 18.7. The Hall–Kier alpha value is -2.41. The highest BCUT2D eigenvalue weighted by Gasteiger charge is 2.33. The van der Waals surface area contributed by atoms with Crippen molar-refractivity contribution in [3.63, 3.8) is 0 Å². The quantitative estimate of drug-likeness (QED) is 0.853. The van der Waals surface area contributed by atoms with Gasteiger partial charge in [-0.2, -0.15) is 0 Å². The summed E-state index contributed by atoms with van der Waals surface area (Å²) in [5.74, 6) is 0.584. The van der Waals surface area contributed by atoms with E-state index in [-0.39, 0.29) is 23.5 Å². The largest absolute Gasteiger partial charge is 0.340 e. The summed E-state index contributed by atoms with van der Waals surface area (Å²) in [6.45, 7) is 4.13. The van der Waals surface area contributed by atoms with Crippen molar-refractivity contribution < 1.29 is 13.2 Å². The molecular formula is C20H25N3O3S. The summed E-state index contributed by atoms with van der Waals surface area (Å²) in [5, 5.41) is 3.33. The second-order valence-electron chi connectivity index (χ2n) is 6.99. The van der Waals surface area contributed by atoms with Crippen LogP contribution in [0.3, 0.4) is 0 Å². The molecule has 144 valence electrons. The van der Waals surface area contributed by atoms with Crippen LogP contribution in [0.1, 0.15) is 34.8 Å². The Morgan fingerprint density at radius 1 is 1.33 bits per heavy atom. The van der Waals surface area contributed by atoms with Crippen molar-refractivity contribution in [2.24, 2.45) is 0 Å². The van der Waals surface area contributed by atoms with Crippen LogP contribution >= 0.6 is 0 Å². The van der Waals surface area contributed by atoms with Gasteiger partial charge in [0.2, 0.25) is 0 Å². The maximum Gasteiger partial charge on any atom is 0.254 e. The third-order valence-electron chi connectivity index (χ3n) is 5.08. The SMILES string of the molecule is CCc1cccc(C)c1Nc1cc(C(=O)N(C)C2CCS(=O)(=O)C2)ccn1. The Labute approximate surface area is 160 Å². The highest BCUT2D eigenvalue weighted by molar-refractivity contribution is 7.91. The average Bonchev–Trinajstić information content (AvgIpc) is 3.02. The van der Waals surface area contributed by atoms with Gasteiger partial charge in [0.1, 0.15) is 5.82 Å². The van der Waals surface area contributed by atoms with Gasteiger partial charge >= 0.3 is 0 Å². The highest BCUT2D eigenvalue weighted by atomic mass is 32.2. The number of carbonyl (C=O) groups excluding carboxylic acids is 1. The van der Waals surface area contributed by atoms with Crippen LogP contribution in [-0.2, 0) is 16.3 Å². The molecule has 1 aliphatic heterocycles. The van der Waals surface area contributed by atoms with Gasteiger partial charge in [-0.05, 0) is 43.0 Å². The number of pyridine rings is 1. The molecule has 2 aromatic rings. The van der Waals surface area contributed by atoms with Gasteiger partial charge in [-0.15, -0.1) is 0 Å². The number of carbonyl (C=O) groups is 1. The summed E-state index contributed by atoms with van der Waals surface area (Å²) in [7, 11) is -1.37. The van der Waals surface area contributed by atoms with Gasteiger partial charge in [0.25, 0.3) is 5.91 Å². The van der Waals surface area contributed by atoms with Crippen molar-refractivity contribution in [2.45, 2.75) is 32.7 Å². The monoisotopic (exact) mass is 387 g/mol. The number of rotatable bonds is 5. The molecule has 0 aliphatic carbocycles. The first kappa shape index (κ1) is 19.4. The van der Waals surface area contributed by atoms with E-state index in [4.69, 9.17) is 0 Å². The van der Waals surface area contributed by atoms with Gasteiger partial charge in [-0.1, -0.05) is 25.1 Å². The molecule has 1 aromatic heterocycles. The first-order chi connectivity index (χ1) is 12.8. The molecule has 1 atom stereocenters. The lowest BCUT2D eigenvalue weighted by atomic mass is 10.1. The smallest absolute Gasteiger partial charge is 0.254 e. The molecule has 1 saturated heterocycles. The summed E-state index contributed by atoms with van der Waals surface area (Å²) >= 11 is 0. The molecule has 1 N–H and O–H groups in total. The second-order valence-corrected chi connectivity index (χ2v) is 9.22. The maximum atomic E-state index is 12.8. The van der Waals surface area contributed by atoms with E-state index in [2.05, 4.69) is 23.3 Å². The fourth-order valence-corrected chi connectivity index (χ4v) is 5.19. The number of hydrogen-bond donors (Lipinski definition) is 1. The molecule has 1 aromatic carbocycles. The van der Waals surface area contributed by atoms with Crippen LogP contribution in [-0.4, -0.2) is 48.8 Å². The summed E-state index contributed by atoms with van der Waals surface area (Å²) < 4.78 is 23.4. The van der Waals surface area contributed by atoms with Crippen molar-refractivity contribution in [2.75, 3.05) is 23.9 Å². The van der Waals surface area contributed by atoms with Crippen LogP contribution in [0.2, 0.25) is 0 Å². The van der Waals surface area contributed by atoms with Crippen molar-refractivity contribution in [1.82, 2.24) is 9.88 Å². The van der Waals surface area contributed by atoms with Crippen molar-refractivity contribution >= 4 is 27.2 Å². The molecule has 0 bridgehead atoms. The molecule has 0 radical (unpaired) electrons. The molecule has 1 amide bonds. The minimum atomic E-state index is -3.04. The minimum absolute atomic E-state index is 0.0362. The van der Waals surface area contributed by atoms with E-state index in [9.17, 15) is 13.2 Å². The van der Waals surface area contributed by atoms with Crippen molar-refractivity contribution in [3.8, 4) is 0 Å². The first-order valence-electron chi connectivity index (χ1n) is 9.10. The molecule has 0 saturated carbocycles. The topological polar surface area (TPSA) is 79.4 Å². The number of aromatic nitrogens is 1. The zero-order valence-electron chi connectivity index (χ0n) is 15.9. The van der Waals surface area contributed by atoms with E-state index >= 15 is 0 Å². The molecule has 27 heavy (non-hydrogen) atoms. The Bertz CT molecular complexity index is 957. The average molecular weight is 388 g/mol. The third-order valence-corrected chi connectivity index (χ3v) is 6.83. The number of amides is 1. The number of benzene rings is 1. The first-order valence-corrected chi connectivity index (χ1v) is 10.9. The van der Waals surface area contributed by atoms with E-state index in [1.54, 1.807) is 25.4 Å². The van der Waals surface area contributed by atoms with Gasteiger partial charge < -0.3 is 10.2 Å². The van der Waals surface area contributed by atoms with E-state index in [1.165, 1.54) is 10.5 Å². The molecule has 6 nitrogen and oxygen atoms in total. The van der Waals surface area contributed by atoms with E-state index in [0.29, 0.717) is 17.8 Å². The van der Waals surface area contributed by atoms with Gasteiger partial charge in [0, 0.05) is 30.5 Å². The van der Waals surface area contributed by atoms with Crippen LogP contribution < -0.4 is 5.32 Å². The Morgan fingerprint density at radius 2 is 2.11 bits per heavy atom. The van der Waals surface area contributed by atoms with Crippen molar-refractivity contribution in [3.05, 3.63) is 53.2 Å². The third kappa shape index (κ3) is 4.30. The number of sulfone groups is 1. The van der Waals surface area contributed by atoms with Crippen LogP contribution in [0.4, 0.5) is 11.5 Å². The van der Waals surface area contributed by atoms with E-state index in [1.807, 2.05) is 19.1 Å². The Kier molecular flexibility index (Phi) is 5.51. The Balaban J connectivity index is 1.81. The number of anilines is 2. The summed E-state index contributed by atoms with van der Waals surface area (Å²) in [6.07, 6.45) is 2.98. The molecule has 1 fully saturated rings. The summed E-state index contributed by atoms with van der Waals surface area (Å²) in [5.41, 5.74) is 3.79. The number of para-hydroxylation sites is 1. The molecule has 1 unspecified atom stereocenters. The number of hydrogen-bond acceptors (Lipinski definition) is 5. The lowest BCUT2D eigenvalue weighted by molar-refractivity contribution is 0.0747. The molecule has 0 spiro atoms. The molecule has 3 rings (SSSR count). The fraction of sp³-hybridized carbons (Fsp3) is 0.400. The normalized spacial score (nSPS) is 18.3. The fourth-order valence-electron chi connectivity index (χ4n) is 3.41. The second kappa shape index (κ2) is 7.68. The van der Waals surface area contributed by atoms with Crippen LogP contribution in [0.25, 0.3) is 0 Å². The number of aryl methyl sites for hydroxylation is 2. The zero-order chi connectivity index (χ0) is 19.6. The molecule has 1 aliphatic rings. The molecule has 7 heteroatoms. The lowest BCUT2D eigenvalue weighted by Gasteiger charge is -2.23. The molecule has 2 heterocycles. The van der Waals surface area contributed by atoms with Crippen LogP contribution in [0.5, 0.6) is 0 Å². The maximum absolute atomic E-state index is 12.8. The van der Waals surface area contributed by atoms with Gasteiger partial charge in [-0.25, -0.2) is 13.4 Å². The summed E-state index contributed by atoms with van der Waals surface area (Å²) in [6, 6.07) is 9.23. The van der Waals surface area contributed by atoms with Gasteiger partial charge in [0.15, 0.2) is 9.84 Å². The predicted molar refractivity (Wildman–Crippen MR) is 107 cm³/mol. The lowest BCUT2D eigenvalue weighted by Crippen LogP contribution is -2.37. The molecular weight excluding hydrogens is 362 g/mol. The zero-order valence-corrected chi connectivity index (χ0v) is 16.7. The van der Waals surface area contributed by atoms with E-state index in [0.717, 1.165) is 17.7 Å². The minimum Gasteiger partial charge on any atom is -0.340 e. The van der Waals surface area contributed by atoms with Crippen LogP contribution in [0.15, 0.2) is 36.5 Å². The number of nitrogens with one attached hydrogen (secondary N) is 1.